The Morgan fingerprint density at radius 2 is 1.29 bits per heavy atom. The van der Waals surface area contributed by atoms with Gasteiger partial charge in [0.2, 0.25) is 5.91 Å². The van der Waals surface area contributed by atoms with Crippen LogP contribution in [0.25, 0.3) is 0 Å². The van der Waals surface area contributed by atoms with Crippen molar-refractivity contribution in [2.45, 2.75) is 64.9 Å². The molecular weight excluding hydrogens is 739 g/mol. The molecule has 0 bridgehead atoms. The third kappa shape index (κ3) is 16.0. The number of amides is 6. The molecule has 4 rings (SSSR count). The van der Waals surface area contributed by atoms with Gasteiger partial charge in [0.25, 0.3) is 5.91 Å². The first-order chi connectivity index (χ1) is 27.0. The number of benzene rings is 1. The lowest BCUT2D eigenvalue weighted by Crippen LogP contribution is -2.60. The molecule has 0 saturated carbocycles. The van der Waals surface area contributed by atoms with Gasteiger partial charge in [-0.25, -0.2) is 14.6 Å². The van der Waals surface area contributed by atoms with Gasteiger partial charge in [-0.15, -0.1) is 11.3 Å². The maximum Gasteiger partial charge on any atom is 0.315 e. The van der Waals surface area contributed by atoms with Crippen molar-refractivity contribution in [1.29, 1.82) is 0 Å². The molecule has 0 spiro atoms. The van der Waals surface area contributed by atoms with Crippen LogP contribution in [0.15, 0.2) is 47.8 Å². The molecule has 17 heteroatoms. The quantitative estimate of drug-likeness (QED) is 0.0898. The highest BCUT2D eigenvalue weighted by atomic mass is 32.1. The minimum Gasteiger partial charge on any atom is -0.390 e. The summed E-state index contributed by atoms with van der Waals surface area (Å²) in [6, 6.07) is 9.95. The van der Waals surface area contributed by atoms with Gasteiger partial charge in [0.05, 0.1) is 45.1 Å². The Bertz CT molecular complexity index is 1460. The molecule has 16 nitrogen and oxygen atoms in total. The van der Waals surface area contributed by atoms with Gasteiger partial charge in [0, 0.05) is 63.8 Å². The maximum absolute atomic E-state index is 13.9. The highest BCUT2D eigenvalue weighted by Gasteiger charge is 2.32. The number of carbonyl (C=O) groups is 4. The Balaban J connectivity index is 1.41. The molecular formula is C39H63N9O7S. The van der Waals surface area contributed by atoms with E-state index in [1.807, 2.05) is 75.5 Å². The molecule has 0 unspecified atom stereocenters. The molecule has 1 aromatic carbocycles. The first kappa shape index (κ1) is 44.9. The zero-order valence-corrected chi connectivity index (χ0v) is 34.2. The number of aliphatic hydroxyl groups excluding tert-OH is 1. The van der Waals surface area contributed by atoms with Crippen LogP contribution in [-0.2, 0) is 32.0 Å². The van der Waals surface area contributed by atoms with Crippen molar-refractivity contribution >= 4 is 35.2 Å². The van der Waals surface area contributed by atoms with Gasteiger partial charge in [-0.05, 0) is 35.3 Å². The Morgan fingerprint density at radius 3 is 1.79 bits per heavy atom. The molecule has 312 valence electrons. The molecule has 2 fully saturated rings. The summed E-state index contributed by atoms with van der Waals surface area (Å²) in [6.07, 6.45) is -0.852. The average molecular weight is 802 g/mol. The van der Waals surface area contributed by atoms with E-state index >= 15 is 0 Å². The standard InChI is InChI=1S/C39H63N9O7S/c1-28(2)34(43-38(52)40-12-14-46-16-20-54-21-17-46)36(50)42-32(25-30-9-6-5-7-10-30)33(49)27-48(26-31-11-8-24-56-31)45-37(51)35(29(3)4)44-39(53)41-13-15-47-18-22-55-23-19-47/h5-11,24,28-29,32-35,49H,12-23,25-27H2,1-4H3,(H,42,50)(H,45,51)(H2,40,43,52)(H2,41,44,53)/t32-,33-,34-,35-/m0/s1. The lowest BCUT2D eigenvalue weighted by molar-refractivity contribution is -0.131. The minimum absolute atomic E-state index is 0.0419. The minimum atomic E-state index is -1.15. The van der Waals surface area contributed by atoms with Crippen molar-refractivity contribution in [1.82, 2.24) is 46.8 Å². The number of hydrazine groups is 1. The second kappa shape index (κ2) is 24.0. The second-order valence-electron chi connectivity index (χ2n) is 15.0. The summed E-state index contributed by atoms with van der Waals surface area (Å²) in [5.41, 5.74) is 3.84. The molecule has 3 heterocycles. The smallest absolute Gasteiger partial charge is 0.315 e. The van der Waals surface area contributed by atoms with Crippen LogP contribution in [0.4, 0.5) is 9.59 Å². The van der Waals surface area contributed by atoms with Crippen LogP contribution in [0, 0.1) is 11.8 Å². The Labute approximate surface area is 335 Å². The van der Waals surface area contributed by atoms with Crippen molar-refractivity contribution in [2.75, 3.05) is 85.3 Å². The van der Waals surface area contributed by atoms with Crippen molar-refractivity contribution in [3.05, 3.63) is 58.3 Å². The number of urea groups is 2. The topological polar surface area (TPSA) is 189 Å². The van der Waals surface area contributed by atoms with E-state index in [0.717, 1.165) is 36.6 Å². The molecule has 7 N–H and O–H groups in total. The molecule has 2 aromatic rings. The molecule has 4 atom stereocenters. The zero-order valence-electron chi connectivity index (χ0n) is 33.3. The number of morpholine rings is 2. The largest absolute Gasteiger partial charge is 0.390 e. The summed E-state index contributed by atoms with van der Waals surface area (Å²) in [6.45, 7) is 15.8. The van der Waals surface area contributed by atoms with E-state index in [2.05, 4.69) is 41.8 Å². The number of hydrogen-bond donors (Lipinski definition) is 7. The fourth-order valence-electron chi connectivity index (χ4n) is 6.50. The van der Waals surface area contributed by atoms with E-state index in [1.165, 1.54) is 11.3 Å². The Morgan fingerprint density at radius 1 is 0.750 bits per heavy atom. The summed E-state index contributed by atoms with van der Waals surface area (Å²) in [5.74, 6) is -1.35. The van der Waals surface area contributed by atoms with Gasteiger partial charge >= 0.3 is 12.1 Å². The van der Waals surface area contributed by atoms with Crippen LogP contribution in [-0.4, -0.2) is 153 Å². The SMILES string of the molecule is CC(C)[C@H](NC(=O)NCCN1CCOCC1)C(=O)N[C@@H](Cc1ccccc1)[C@@H](O)CN(Cc1cccs1)NC(=O)[C@@H](NC(=O)NCCN1CCOCC1)C(C)C. The highest BCUT2D eigenvalue weighted by Crippen LogP contribution is 2.15. The summed E-state index contributed by atoms with van der Waals surface area (Å²) < 4.78 is 10.8. The normalized spacial score (nSPS) is 17.5. The average Bonchev–Trinajstić information content (AvgIpc) is 3.69. The lowest BCUT2D eigenvalue weighted by atomic mass is 9.98. The number of nitrogens with zero attached hydrogens (tertiary/aromatic N) is 3. The molecule has 6 amide bonds. The highest BCUT2D eigenvalue weighted by molar-refractivity contribution is 7.09. The van der Waals surface area contributed by atoms with Crippen LogP contribution in [0.2, 0.25) is 0 Å². The van der Waals surface area contributed by atoms with E-state index in [0.29, 0.717) is 59.0 Å². The molecule has 0 radical (unpaired) electrons. The van der Waals surface area contributed by atoms with Crippen LogP contribution in [0.3, 0.4) is 0 Å². The summed E-state index contributed by atoms with van der Waals surface area (Å²) in [5, 5.41) is 29.8. The van der Waals surface area contributed by atoms with E-state index in [4.69, 9.17) is 9.47 Å². The number of hydrogen-bond acceptors (Lipinski definition) is 11. The zero-order chi connectivity index (χ0) is 40.3. The Kier molecular flexibility index (Phi) is 19.3. The lowest BCUT2D eigenvalue weighted by Gasteiger charge is -2.33. The fraction of sp³-hybridized carbons (Fsp3) is 0.641. The third-order valence-corrected chi connectivity index (χ3v) is 10.7. The number of nitrogens with one attached hydrogen (secondary N) is 6. The first-order valence-corrected chi connectivity index (χ1v) is 20.7. The van der Waals surface area contributed by atoms with Crippen molar-refractivity contribution < 1.29 is 33.8 Å². The monoisotopic (exact) mass is 801 g/mol. The molecule has 2 aliphatic heterocycles. The second-order valence-corrected chi connectivity index (χ2v) is 16.0. The van der Waals surface area contributed by atoms with Gasteiger partial charge in [0.15, 0.2) is 0 Å². The molecule has 1 aromatic heterocycles. The fourth-order valence-corrected chi connectivity index (χ4v) is 7.22. The van der Waals surface area contributed by atoms with E-state index < -0.39 is 48.1 Å². The van der Waals surface area contributed by atoms with E-state index in [1.54, 1.807) is 5.01 Å². The van der Waals surface area contributed by atoms with Crippen LogP contribution >= 0.6 is 11.3 Å². The summed E-state index contributed by atoms with van der Waals surface area (Å²) >= 11 is 1.51. The van der Waals surface area contributed by atoms with Crippen LogP contribution in [0.1, 0.15) is 38.1 Å². The summed E-state index contributed by atoms with van der Waals surface area (Å²) in [4.78, 5) is 58.9. The van der Waals surface area contributed by atoms with Crippen LogP contribution < -0.4 is 32.0 Å². The van der Waals surface area contributed by atoms with Crippen molar-refractivity contribution in [3.8, 4) is 0 Å². The van der Waals surface area contributed by atoms with E-state index in [-0.39, 0.29) is 24.9 Å². The van der Waals surface area contributed by atoms with Crippen LogP contribution in [0.5, 0.6) is 0 Å². The predicted molar refractivity (Wildman–Crippen MR) is 216 cm³/mol. The van der Waals surface area contributed by atoms with Gasteiger partial charge in [-0.1, -0.05) is 64.1 Å². The summed E-state index contributed by atoms with van der Waals surface area (Å²) in [7, 11) is 0. The van der Waals surface area contributed by atoms with Gasteiger partial charge < -0.3 is 41.2 Å². The van der Waals surface area contributed by atoms with Gasteiger partial charge in [-0.3, -0.25) is 24.8 Å². The predicted octanol–water partition coefficient (Wildman–Crippen LogP) is 0.982. The van der Waals surface area contributed by atoms with Gasteiger partial charge in [-0.2, -0.15) is 0 Å². The number of aliphatic hydroxyl groups is 1. The molecule has 56 heavy (non-hydrogen) atoms. The first-order valence-electron chi connectivity index (χ1n) is 19.8. The molecule has 0 aliphatic carbocycles. The number of thiophene rings is 1. The van der Waals surface area contributed by atoms with Crippen molar-refractivity contribution in [3.63, 3.8) is 0 Å². The number of ether oxygens (including phenoxy) is 2. The molecule has 2 aliphatic rings. The Hall–Kier alpha value is -3.84. The third-order valence-electron chi connectivity index (χ3n) is 9.80. The maximum atomic E-state index is 13.9. The van der Waals surface area contributed by atoms with E-state index in [9.17, 15) is 24.3 Å². The number of rotatable bonds is 21. The van der Waals surface area contributed by atoms with Crippen molar-refractivity contribution in [2.24, 2.45) is 11.8 Å². The number of carbonyl (C=O) groups excluding carboxylic acids is 4. The molecule has 2 saturated heterocycles. The van der Waals surface area contributed by atoms with Gasteiger partial charge in [0.1, 0.15) is 12.1 Å².